The van der Waals surface area contributed by atoms with Gasteiger partial charge < -0.3 is 9.64 Å². The first kappa shape index (κ1) is 14.6. The molecule has 0 radical (unpaired) electrons. The molecule has 2 bridgehead atoms. The Bertz CT molecular complexity index is 531. The summed E-state index contributed by atoms with van der Waals surface area (Å²) in [7, 11) is 4.16. The molecule has 0 N–H and O–H groups in total. The largest absolute Gasteiger partial charge is 0.378 e. The molecule has 5 atom stereocenters. The Kier molecular flexibility index (Phi) is 3.83. The van der Waals surface area contributed by atoms with E-state index in [0.29, 0.717) is 23.7 Å². The molecule has 21 heavy (non-hydrogen) atoms. The number of ether oxygens (including phenoxy) is 1. The van der Waals surface area contributed by atoms with Crippen LogP contribution in [0.2, 0.25) is 0 Å². The molecule has 3 rings (SSSR count). The van der Waals surface area contributed by atoms with Crippen LogP contribution in [0.15, 0.2) is 35.9 Å². The Morgan fingerprint density at radius 2 is 1.76 bits per heavy atom. The van der Waals surface area contributed by atoms with Crippen molar-refractivity contribution in [3.63, 3.8) is 0 Å². The Morgan fingerprint density at radius 3 is 2.38 bits per heavy atom. The summed E-state index contributed by atoms with van der Waals surface area (Å²) in [4.78, 5) is 2.14. The maximum atomic E-state index is 6.29. The lowest BCUT2D eigenvalue weighted by Crippen LogP contribution is -2.42. The minimum Gasteiger partial charge on any atom is -0.378 e. The second-order valence-corrected chi connectivity index (χ2v) is 7.06. The van der Waals surface area contributed by atoms with Gasteiger partial charge in [-0.15, -0.1) is 0 Å². The molecule has 1 fully saturated rings. The normalized spacial score (nSPS) is 35.3. The number of anilines is 1. The standard InChI is InChI=1S/C19H27NO/c1-12-10-13(2)18-14(3)17(12)11-21-19(18)15-6-8-16(9-7-15)20(4)5/h6-10,12,14,17-19H,11H2,1-5H3/t12?,14?,17-,18-,19?/m0/s1. The Balaban J connectivity index is 1.90. The van der Waals surface area contributed by atoms with Gasteiger partial charge in [0.1, 0.15) is 0 Å². The van der Waals surface area contributed by atoms with Gasteiger partial charge in [-0.05, 0) is 42.4 Å². The van der Waals surface area contributed by atoms with Crippen molar-refractivity contribution >= 4 is 5.69 Å². The highest BCUT2D eigenvalue weighted by molar-refractivity contribution is 5.46. The highest BCUT2D eigenvalue weighted by Gasteiger charge is 2.43. The third-order valence-electron chi connectivity index (χ3n) is 5.50. The monoisotopic (exact) mass is 285 g/mol. The number of benzene rings is 1. The first-order valence-corrected chi connectivity index (χ1v) is 8.06. The number of allylic oxidation sites excluding steroid dienone is 1. The van der Waals surface area contributed by atoms with Crippen LogP contribution in [0.1, 0.15) is 32.4 Å². The zero-order valence-corrected chi connectivity index (χ0v) is 13.8. The first-order valence-electron chi connectivity index (χ1n) is 8.06. The van der Waals surface area contributed by atoms with E-state index in [0.717, 1.165) is 6.61 Å². The summed E-state index contributed by atoms with van der Waals surface area (Å²) in [6.07, 6.45) is 2.69. The van der Waals surface area contributed by atoms with Gasteiger partial charge in [0.25, 0.3) is 0 Å². The second kappa shape index (κ2) is 5.49. The fourth-order valence-corrected chi connectivity index (χ4v) is 4.21. The number of hydrogen-bond acceptors (Lipinski definition) is 2. The molecule has 0 aromatic heterocycles. The van der Waals surface area contributed by atoms with E-state index >= 15 is 0 Å². The highest BCUT2D eigenvalue weighted by atomic mass is 16.5. The number of hydrogen-bond donors (Lipinski definition) is 0. The molecule has 1 aliphatic carbocycles. The van der Waals surface area contributed by atoms with Crippen LogP contribution in [0.25, 0.3) is 0 Å². The van der Waals surface area contributed by atoms with Crippen LogP contribution in [0, 0.1) is 23.7 Å². The van der Waals surface area contributed by atoms with Crippen molar-refractivity contribution in [2.24, 2.45) is 23.7 Å². The predicted molar refractivity (Wildman–Crippen MR) is 88.5 cm³/mol. The van der Waals surface area contributed by atoms with Crippen LogP contribution in [0.4, 0.5) is 5.69 Å². The molecule has 1 heterocycles. The molecule has 0 spiro atoms. The average Bonchev–Trinajstić information content (AvgIpc) is 2.44. The van der Waals surface area contributed by atoms with Gasteiger partial charge in [-0.2, -0.15) is 0 Å². The van der Waals surface area contributed by atoms with Crippen molar-refractivity contribution in [1.29, 1.82) is 0 Å². The van der Waals surface area contributed by atoms with Gasteiger partial charge in [0, 0.05) is 25.7 Å². The summed E-state index contributed by atoms with van der Waals surface area (Å²) >= 11 is 0. The van der Waals surface area contributed by atoms with Crippen molar-refractivity contribution < 1.29 is 4.74 Å². The molecular weight excluding hydrogens is 258 g/mol. The van der Waals surface area contributed by atoms with Crippen LogP contribution in [0.5, 0.6) is 0 Å². The predicted octanol–water partition coefficient (Wildman–Crippen LogP) is 4.29. The minimum atomic E-state index is 0.219. The topological polar surface area (TPSA) is 12.5 Å². The van der Waals surface area contributed by atoms with E-state index in [4.69, 9.17) is 4.74 Å². The highest BCUT2D eigenvalue weighted by Crippen LogP contribution is 2.49. The third-order valence-corrected chi connectivity index (χ3v) is 5.50. The van der Waals surface area contributed by atoms with Crippen molar-refractivity contribution in [3.05, 3.63) is 41.5 Å². The summed E-state index contributed by atoms with van der Waals surface area (Å²) in [5.41, 5.74) is 4.07. The molecule has 1 saturated heterocycles. The molecule has 0 amide bonds. The zero-order chi connectivity index (χ0) is 15.1. The van der Waals surface area contributed by atoms with Crippen LogP contribution in [0.3, 0.4) is 0 Å². The minimum absolute atomic E-state index is 0.219. The van der Waals surface area contributed by atoms with E-state index in [-0.39, 0.29) is 6.10 Å². The first-order chi connectivity index (χ1) is 9.99. The van der Waals surface area contributed by atoms with E-state index < -0.39 is 0 Å². The van der Waals surface area contributed by atoms with Crippen molar-refractivity contribution in [2.75, 3.05) is 25.6 Å². The lowest BCUT2D eigenvalue weighted by atomic mass is 9.64. The molecule has 3 unspecified atom stereocenters. The van der Waals surface area contributed by atoms with Crippen molar-refractivity contribution in [3.8, 4) is 0 Å². The van der Waals surface area contributed by atoms with Crippen molar-refractivity contribution in [1.82, 2.24) is 0 Å². The smallest absolute Gasteiger partial charge is 0.0892 e. The molecule has 1 aromatic rings. The fraction of sp³-hybridized carbons (Fsp3) is 0.579. The molecule has 2 nitrogen and oxygen atoms in total. The van der Waals surface area contributed by atoms with Gasteiger partial charge in [0.15, 0.2) is 0 Å². The van der Waals surface area contributed by atoms with Crippen LogP contribution in [-0.2, 0) is 4.74 Å². The summed E-state index contributed by atoms with van der Waals surface area (Å²) < 4.78 is 6.29. The third kappa shape index (κ3) is 2.50. The van der Waals surface area contributed by atoms with E-state index in [2.05, 4.69) is 70.1 Å². The molecule has 1 aliphatic heterocycles. The van der Waals surface area contributed by atoms with E-state index in [1.807, 2.05) is 0 Å². The average molecular weight is 285 g/mol. The van der Waals surface area contributed by atoms with Crippen molar-refractivity contribution in [2.45, 2.75) is 26.9 Å². The molecule has 0 saturated carbocycles. The molecule has 2 aliphatic rings. The van der Waals surface area contributed by atoms with Gasteiger partial charge in [-0.1, -0.05) is 37.6 Å². The Morgan fingerprint density at radius 1 is 1.10 bits per heavy atom. The SMILES string of the molecule is CC1=CC(C)[C@@H]2COC(c3ccc(N(C)C)cc3)[C@@H]1C2C. The number of nitrogens with zero attached hydrogens (tertiary/aromatic N) is 1. The number of fused-ring (bicyclic) bond motifs is 2. The fourth-order valence-electron chi connectivity index (χ4n) is 4.21. The van der Waals surface area contributed by atoms with Gasteiger partial charge in [0.2, 0.25) is 0 Å². The van der Waals surface area contributed by atoms with Crippen LogP contribution >= 0.6 is 0 Å². The van der Waals surface area contributed by atoms with Crippen LogP contribution in [-0.4, -0.2) is 20.7 Å². The lowest BCUT2D eigenvalue weighted by Gasteiger charge is -2.47. The maximum absolute atomic E-state index is 6.29. The Hall–Kier alpha value is -1.28. The van der Waals surface area contributed by atoms with E-state index in [1.54, 1.807) is 0 Å². The molecule has 1 aromatic carbocycles. The summed E-state index contributed by atoms with van der Waals surface area (Å²) in [6.45, 7) is 7.91. The van der Waals surface area contributed by atoms with Gasteiger partial charge in [-0.25, -0.2) is 0 Å². The van der Waals surface area contributed by atoms with E-state index in [9.17, 15) is 0 Å². The second-order valence-electron chi connectivity index (χ2n) is 7.06. The quantitative estimate of drug-likeness (QED) is 0.752. The zero-order valence-electron chi connectivity index (χ0n) is 13.8. The van der Waals surface area contributed by atoms with Gasteiger partial charge in [-0.3, -0.25) is 0 Å². The van der Waals surface area contributed by atoms with Gasteiger partial charge in [0.05, 0.1) is 12.7 Å². The Labute approximate surface area is 128 Å². The van der Waals surface area contributed by atoms with E-state index in [1.165, 1.54) is 16.8 Å². The number of rotatable bonds is 2. The molecule has 2 heteroatoms. The summed E-state index contributed by atoms with van der Waals surface area (Å²) in [6, 6.07) is 8.86. The maximum Gasteiger partial charge on any atom is 0.0892 e. The molecular formula is C19H27NO. The van der Waals surface area contributed by atoms with Crippen LogP contribution < -0.4 is 4.90 Å². The molecule has 114 valence electrons. The lowest BCUT2D eigenvalue weighted by molar-refractivity contribution is -0.0934. The van der Waals surface area contributed by atoms with Gasteiger partial charge >= 0.3 is 0 Å². The summed E-state index contributed by atoms with van der Waals surface area (Å²) in [5, 5.41) is 0. The summed E-state index contributed by atoms with van der Waals surface area (Å²) in [5.74, 6) is 2.56.